The van der Waals surface area contributed by atoms with Crippen molar-refractivity contribution in [1.29, 1.82) is 0 Å². The van der Waals surface area contributed by atoms with E-state index in [0.29, 0.717) is 0 Å². The minimum Gasteiger partial charge on any atom is -0.394 e. The van der Waals surface area contributed by atoms with Gasteiger partial charge in [-0.3, -0.25) is 4.79 Å². The summed E-state index contributed by atoms with van der Waals surface area (Å²) in [6.45, 7) is -1.23. The lowest BCUT2D eigenvalue weighted by atomic mass is 9.94. The van der Waals surface area contributed by atoms with Crippen molar-refractivity contribution < 1.29 is 79.5 Å². The van der Waals surface area contributed by atoms with Gasteiger partial charge < -0.3 is 80.1 Å². The van der Waals surface area contributed by atoms with Crippen LogP contribution in [0.5, 0.6) is 0 Å². The smallest absolute Gasteiger partial charge is 0.217 e. The molecule has 0 aromatic heterocycles. The molecule has 0 aromatic carbocycles. The van der Waals surface area contributed by atoms with Gasteiger partial charge in [0.1, 0.15) is 73.2 Å². The van der Waals surface area contributed by atoms with Crippen LogP contribution in [-0.4, -0.2) is 169 Å². The molecule has 3 heterocycles. The molecule has 0 unspecified atom stereocenters. The normalized spacial score (nSPS) is 49.0. The van der Waals surface area contributed by atoms with Gasteiger partial charge in [0, 0.05) is 6.92 Å². The molecule has 17 nitrogen and oxygen atoms in total. The molecule has 0 bridgehead atoms. The van der Waals surface area contributed by atoms with Crippen LogP contribution in [0.25, 0.3) is 0 Å². The average molecular weight is 545 g/mol. The Bertz CT molecular complexity index is 743. The minimum atomic E-state index is -1.84. The lowest BCUT2D eigenvalue weighted by Crippen LogP contribution is -2.69. The van der Waals surface area contributed by atoms with Gasteiger partial charge in [-0.25, -0.2) is 0 Å². The molecule has 3 fully saturated rings. The SMILES string of the molecule is CC(=O)N[C@H]1[C@H](O[C@H]2[C@H](O)[C@@H](O)[C@H](O)O[C@@H]2CO)O[C@H](CO)[C@@H](O[C@@H]2O[C@H](CO)[C@H](O)[C@H](O)[C@H]2O)[C@@H]1O. The molecule has 1 amide bonds. The maximum atomic E-state index is 11.9. The summed E-state index contributed by atoms with van der Waals surface area (Å²) in [5.41, 5.74) is 0. The molecule has 15 atom stereocenters. The molecule has 37 heavy (non-hydrogen) atoms. The van der Waals surface area contributed by atoms with E-state index in [1.807, 2.05) is 0 Å². The van der Waals surface area contributed by atoms with Crippen molar-refractivity contribution in [3.8, 4) is 0 Å². The minimum absolute atomic E-state index is 0.676. The van der Waals surface area contributed by atoms with E-state index < -0.39 is 118 Å². The summed E-state index contributed by atoms with van der Waals surface area (Å²) < 4.78 is 27.2. The summed E-state index contributed by atoms with van der Waals surface area (Å²) >= 11 is 0. The van der Waals surface area contributed by atoms with E-state index in [0.717, 1.165) is 6.92 Å². The second-order valence-electron chi connectivity index (χ2n) is 9.07. The molecule has 3 aliphatic rings. The fraction of sp³-hybridized carbons (Fsp3) is 0.950. The van der Waals surface area contributed by atoms with Crippen molar-refractivity contribution >= 4 is 5.91 Å². The van der Waals surface area contributed by atoms with Crippen LogP contribution in [0.15, 0.2) is 0 Å². The zero-order chi connectivity index (χ0) is 27.6. The maximum Gasteiger partial charge on any atom is 0.217 e. The summed E-state index contributed by atoms with van der Waals surface area (Å²) in [4.78, 5) is 11.9. The lowest BCUT2D eigenvalue weighted by molar-refractivity contribution is -0.365. The third kappa shape index (κ3) is 6.38. The molecular formula is C20H35NO16. The molecule has 0 spiro atoms. The first-order valence-electron chi connectivity index (χ1n) is 11.6. The van der Waals surface area contributed by atoms with Crippen molar-refractivity contribution in [2.75, 3.05) is 19.8 Å². The van der Waals surface area contributed by atoms with Crippen molar-refractivity contribution in [3.05, 3.63) is 0 Å². The third-order valence-corrected chi connectivity index (χ3v) is 6.49. The van der Waals surface area contributed by atoms with E-state index in [-0.39, 0.29) is 0 Å². The van der Waals surface area contributed by atoms with Crippen LogP contribution in [0.2, 0.25) is 0 Å². The number of carbonyl (C=O) groups excluding carboxylic acids is 1. The summed E-state index contributed by atoms with van der Waals surface area (Å²) in [6.07, 6.45) is -23.1. The van der Waals surface area contributed by atoms with Crippen LogP contribution in [0, 0.1) is 0 Å². The Morgan fingerprint density at radius 3 is 1.73 bits per heavy atom. The number of aliphatic hydroxyl groups is 10. The highest BCUT2D eigenvalue weighted by molar-refractivity contribution is 5.73. The van der Waals surface area contributed by atoms with E-state index in [1.54, 1.807) is 0 Å². The second-order valence-corrected chi connectivity index (χ2v) is 9.07. The van der Waals surface area contributed by atoms with Gasteiger partial charge in [0.25, 0.3) is 0 Å². The van der Waals surface area contributed by atoms with Gasteiger partial charge in [-0.1, -0.05) is 0 Å². The summed E-state index contributed by atoms with van der Waals surface area (Å²) in [5.74, 6) is -0.676. The topological polar surface area (TPSA) is 278 Å². The van der Waals surface area contributed by atoms with Gasteiger partial charge in [-0.2, -0.15) is 0 Å². The quantitative estimate of drug-likeness (QED) is 0.135. The van der Waals surface area contributed by atoms with E-state index in [9.17, 15) is 55.9 Å². The molecule has 216 valence electrons. The summed E-state index contributed by atoms with van der Waals surface area (Å²) in [7, 11) is 0. The molecule has 0 saturated carbocycles. The highest BCUT2D eigenvalue weighted by Crippen LogP contribution is 2.32. The number of rotatable bonds is 8. The number of hydrogen-bond donors (Lipinski definition) is 11. The molecule has 3 aliphatic heterocycles. The highest BCUT2D eigenvalue weighted by atomic mass is 16.7. The van der Waals surface area contributed by atoms with Gasteiger partial charge in [0.05, 0.1) is 19.8 Å². The lowest BCUT2D eigenvalue weighted by Gasteiger charge is -2.49. The Balaban J connectivity index is 1.83. The Morgan fingerprint density at radius 2 is 1.16 bits per heavy atom. The Kier molecular flexibility index (Phi) is 10.5. The number of nitrogens with one attached hydrogen (secondary N) is 1. The van der Waals surface area contributed by atoms with Crippen molar-refractivity contribution in [2.24, 2.45) is 0 Å². The van der Waals surface area contributed by atoms with Crippen LogP contribution in [0.3, 0.4) is 0 Å². The van der Waals surface area contributed by atoms with Gasteiger partial charge in [-0.15, -0.1) is 0 Å². The van der Waals surface area contributed by atoms with E-state index in [2.05, 4.69) is 5.32 Å². The van der Waals surface area contributed by atoms with E-state index >= 15 is 0 Å². The molecule has 3 saturated heterocycles. The first-order chi connectivity index (χ1) is 17.4. The number of aliphatic hydroxyl groups excluding tert-OH is 10. The van der Waals surface area contributed by atoms with Gasteiger partial charge in [0.2, 0.25) is 5.91 Å². The molecule has 17 heteroatoms. The predicted octanol–water partition coefficient (Wildman–Crippen LogP) is -7.43. The number of carbonyl (C=O) groups is 1. The van der Waals surface area contributed by atoms with Gasteiger partial charge >= 0.3 is 0 Å². The number of amides is 1. The van der Waals surface area contributed by atoms with Crippen molar-refractivity contribution in [3.63, 3.8) is 0 Å². The number of hydrogen-bond acceptors (Lipinski definition) is 16. The third-order valence-electron chi connectivity index (χ3n) is 6.49. The van der Waals surface area contributed by atoms with Crippen LogP contribution < -0.4 is 5.32 Å². The van der Waals surface area contributed by atoms with Gasteiger partial charge in [0.15, 0.2) is 18.9 Å². The zero-order valence-electron chi connectivity index (χ0n) is 19.7. The van der Waals surface area contributed by atoms with E-state index in [4.69, 9.17) is 23.7 Å². The highest BCUT2D eigenvalue weighted by Gasteiger charge is 2.53. The Hall–Kier alpha value is -1.13. The Labute approximate surface area is 210 Å². The fourth-order valence-corrected chi connectivity index (χ4v) is 4.46. The monoisotopic (exact) mass is 545 g/mol. The van der Waals surface area contributed by atoms with Crippen LogP contribution in [0.4, 0.5) is 0 Å². The summed E-state index contributed by atoms with van der Waals surface area (Å²) in [6, 6.07) is -1.47. The average Bonchev–Trinajstić information content (AvgIpc) is 2.87. The summed E-state index contributed by atoms with van der Waals surface area (Å²) in [5, 5.41) is 103. The van der Waals surface area contributed by atoms with Gasteiger partial charge in [-0.05, 0) is 0 Å². The number of ether oxygens (including phenoxy) is 5. The first kappa shape index (κ1) is 30.4. The second kappa shape index (κ2) is 12.8. The fourth-order valence-electron chi connectivity index (χ4n) is 4.46. The molecule has 0 radical (unpaired) electrons. The van der Waals surface area contributed by atoms with Crippen LogP contribution in [-0.2, 0) is 28.5 Å². The molecule has 0 aromatic rings. The van der Waals surface area contributed by atoms with Crippen molar-refractivity contribution in [2.45, 2.75) is 99.0 Å². The molecule has 0 aliphatic carbocycles. The molecular weight excluding hydrogens is 510 g/mol. The first-order valence-corrected chi connectivity index (χ1v) is 11.6. The Morgan fingerprint density at radius 1 is 0.649 bits per heavy atom. The van der Waals surface area contributed by atoms with Crippen LogP contribution >= 0.6 is 0 Å². The predicted molar refractivity (Wildman–Crippen MR) is 113 cm³/mol. The maximum absolute atomic E-state index is 11.9. The van der Waals surface area contributed by atoms with Crippen LogP contribution in [0.1, 0.15) is 6.92 Å². The zero-order valence-corrected chi connectivity index (χ0v) is 19.7. The molecule has 11 N–H and O–H groups in total. The van der Waals surface area contributed by atoms with E-state index in [1.165, 1.54) is 0 Å². The largest absolute Gasteiger partial charge is 0.394 e. The standard InChI is InChI=1S/C20H35NO16/c1-5(25)21-9-11(27)16(37-20-15(31)12(28)10(26)6(2-22)34-20)8(4-24)35-19(9)36-17-7(3-23)33-18(32)14(30)13(17)29/h6-20,22-24,26-32H,2-4H2,1H3,(H,21,25)/t6-,7-,8-,9-,10+,11-,12+,13-,14-,15-,16-,17-,18-,19+,20+/m1/s1. The van der Waals surface area contributed by atoms with Crippen molar-refractivity contribution in [1.82, 2.24) is 5.32 Å². The molecule has 3 rings (SSSR count).